The molecule has 120 valence electrons. The summed E-state index contributed by atoms with van der Waals surface area (Å²) in [6.07, 6.45) is 1.27. The van der Waals surface area contributed by atoms with Crippen LogP contribution in [0.4, 0.5) is 10.1 Å². The molecule has 0 saturated heterocycles. The molecule has 24 heavy (non-hydrogen) atoms. The zero-order valence-corrected chi connectivity index (χ0v) is 13.1. The summed E-state index contributed by atoms with van der Waals surface area (Å²) in [7, 11) is 0. The van der Waals surface area contributed by atoms with Gasteiger partial charge in [0, 0.05) is 10.6 Å². The summed E-state index contributed by atoms with van der Waals surface area (Å²) >= 11 is 5.87. The second-order valence-electron chi connectivity index (χ2n) is 4.86. The van der Waals surface area contributed by atoms with Crippen LogP contribution in [0.5, 0.6) is 0 Å². The van der Waals surface area contributed by atoms with E-state index in [0.717, 1.165) is 5.56 Å². The maximum atomic E-state index is 12.7. The minimum absolute atomic E-state index is 0.241. The zero-order valence-electron chi connectivity index (χ0n) is 12.3. The standard InChI is InChI=1S/C17H12ClFN4O/c18-12-6-4-11(5-7-12)14-2-1-3-15(21-14)17(24)23-22-13-8-9-16(19)20-10-13/h1-10,22H,(H,23,24). The number of hydrogen-bond donors (Lipinski definition) is 2. The fourth-order valence-corrected chi connectivity index (χ4v) is 2.11. The van der Waals surface area contributed by atoms with Crippen LogP contribution < -0.4 is 10.9 Å². The van der Waals surface area contributed by atoms with Gasteiger partial charge < -0.3 is 0 Å². The van der Waals surface area contributed by atoms with E-state index in [4.69, 9.17) is 11.6 Å². The average molecular weight is 343 g/mol. The molecule has 0 aliphatic carbocycles. The van der Waals surface area contributed by atoms with Crippen LogP contribution in [0.15, 0.2) is 60.8 Å². The van der Waals surface area contributed by atoms with Crippen molar-refractivity contribution < 1.29 is 9.18 Å². The van der Waals surface area contributed by atoms with Crippen molar-refractivity contribution >= 4 is 23.2 Å². The first-order chi connectivity index (χ1) is 11.6. The van der Waals surface area contributed by atoms with Crippen LogP contribution in [-0.2, 0) is 0 Å². The molecule has 0 fully saturated rings. The lowest BCUT2D eigenvalue weighted by Gasteiger charge is -2.08. The minimum Gasteiger partial charge on any atom is -0.297 e. The Bertz CT molecular complexity index is 853. The van der Waals surface area contributed by atoms with Crippen LogP contribution in [0.1, 0.15) is 10.5 Å². The lowest BCUT2D eigenvalue weighted by atomic mass is 10.1. The summed E-state index contributed by atoms with van der Waals surface area (Å²) in [5.41, 5.74) is 7.34. The lowest BCUT2D eigenvalue weighted by molar-refractivity contribution is 0.0958. The van der Waals surface area contributed by atoms with Gasteiger partial charge in [0.05, 0.1) is 17.6 Å². The van der Waals surface area contributed by atoms with Gasteiger partial charge in [-0.2, -0.15) is 4.39 Å². The number of aromatic nitrogens is 2. The fraction of sp³-hybridized carbons (Fsp3) is 0. The first-order valence-corrected chi connectivity index (χ1v) is 7.40. The van der Waals surface area contributed by atoms with Gasteiger partial charge in [-0.15, -0.1) is 0 Å². The molecular weight excluding hydrogens is 331 g/mol. The molecular formula is C17H12ClFN4O. The van der Waals surface area contributed by atoms with Crippen molar-refractivity contribution in [3.63, 3.8) is 0 Å². The Morgan fingerprint density at radius 3 is 2.54 bits per heavy atom. The van der Waals surface area contributed by atoms with Crippen LogP contribution in [0.2, 0.25) is 5.02 Å². The summed E-state index contributed by atoms with van der Waals surface area (Å²) < 4.78 is 12.7. The predicted octanol–water partition coefficient (Wildman–Crippen LogP) is 3.69. The normalized spacial score (nSPS) is 10.2. The number of hydrogen-bond acceptors (Lipinski definition) is 4. The van der Waals surface area contributed by atoms with Crippen LogP contribution >= 0.6 is 11.6 Å². The topological polar surface area (TPSA) is 66.9 Å². The number of nitrogens with zero attached hydrogens (tertiary/aromatic N) is 2. The van der Waals surface area contributed by atoms with Gasteiger partial charge in [-0.1, -0.05) is 29.8 Å². The molecule has 7 heteroatoms. The molecule has 2 N–H and O–H groups in total. The van der Waals surface area contributed by atoms with Crippen LogP contribution in [0.25, 0.3) is 11.3 Å². The molecule has 0 unspecified atom stereocenters. The summed E-state index contributed by atoms with van der Waals surface area (Å²) in [4.78, 5) is 20.0. The van der Waals surface area contributed by atoms with Crippen molar-refractivity contribution in [3.8, 4) is 11.3 Å². The number of nitrogens with one attached hydrogen (secondary N) is 2. The smallest absolute Gasteiger partial charge is 0.288 e. The quantitative estimate of drug-likeness (QED) is 0.560. The lowest BCUT2D eigenvalue weighted by Crippen LogP contribution is -2.30. The number of amides is 1. The first kappa shape index (κ1) is 15.9. The van der Waals surface area contributed by atoms with Gasteiger partial charge >= 0.3 is 0 Å². The number of carbonyl (C=O) groups excluding carboxylic acids is 1. The summed E-state index contributed by atoms with van der Waals surface area (Å²) in [5.74, 6) is -1.01. The third-order valence-corrected chi connectivity index (χ3v) is 3.42. The van der Waals surface area contributed by atoms with Crippen molar-refractivity contribution in [2.24, 2.45) is 0 Å². The van der Waals surface area contributed by atoms with Gasteiger partial charge in [-0.3, -0.25) is 15.6 Å². The summed E-state index contributed by atoms with van der Waals surface area (Å²) in [5, 5.41) is 0.629. The maximum absolute atomic E-state index is 12.7. The van der Waals surface area contributed by atoms with Crippen molar-refractivity contribution in [2.45, 2.75) is 0 Å². The summed E-state index contributed by atoms with van der Waals surface area (Å²) in [6, 6.07) is 15.0. The number of hydrazine groups is 1. The highest BCUT2D eigenvalue weighted by atomic mass is 35.5. The summed E-state index contributed by atoms with van der Waals surface area (Å²) in [6.45, 7) is 0. The van der Waals surface area contributed by atoms with Crippen molar-refractivity contribution in [1.82, 2.24) is 15.4 Å². The molecule has 5 nitrogen and oxygen atoms in total. The van der Waals surface area contributed by atoms with Gasteiger partial charge in [0.1, 0.15) is 5.69 Å². The molecule has 1 aromatic carbocycles. The van der Waals surface area contributed by atoms with E-state index in [2.05, 4.69) is 20.8 Å². The molecule has 0 radical (unpaired) electrons. The van der Waals surface area contributed by atoms with Crippen molar-refractivity contribution in [2.75, 3.05) is 5.43 Å². The number of anilines is 1. The Morgan fingerprint density at radius 2 is 1.83 bits per heavy atom. The van der Waals surface area contributed by atoms with E-state index in [0.29, 0.717) is 16.4 Å². The molecule has 0 atom stereocenters. The molecule has 0 aliphatic heterocycles. The Morgan fingerprint density at radius 1 is 1.04 bits per heavy atom. The van der Waals surface area contributed by atoms with Crippen molar-refractivity contribution in [1.29, 1.82) is 0 Å². The Labute approximate surface area is 142 Å². The molecule has 0 bridgehead atoms. The number of rotatable bonds is 4. The first-order valence-electron chi connectivity index (χ1n) is 7.03. The monoisotopic (exact) mass is 342 g/mol. The fourth-order valence-electron chi connectivity index (χ4n) is 1.99. The van der Waals surface area contributed by atoms with Crippen LogP contribution in [0, 0.1) is 5.95 Å². The average Bonchev–Trinajstić information content (AvgIpc) is 2.62. The minimum atomic E-state index is -0.593. The van der Waals surface area contributed by atoms with E-state index >= 15 is 0 Å². The number of pyridine rings is 2. The third-order valence-electron chi connectivity index (χ3n) is 3.17. The van der Waals surface area contributed by atoms with E-state index in [9.17, 15) is 9.18 Å². The molecule has 2 aromatic heterocycles. The maximum Gasteiger partial charge on any atom is 0.288 e. The van der Waals surface area contributed by atoms with Crippen LogP contribution in [-0.4, -0.2) is 15.9 Å². The second-order valence-corrected chi connectivity index (χ2v) is 5.30. The van der Waals surface area contributed by atoms with Gasteiger partial charge in [-0.25, -0.2) is 9.97 Å². The third kappa shape index (κ3) is 3.85. The van der Waals surface area contributed by atoms with Gasteiger partial charge in [0.25, 0.3) is 5.91 Å². The van der Waals surface area contributed by atoms with E-state index in [1.54, 1.807) is 30.3 Å². The SMILES string of the molecule is O=C(NNc1ccc(F)nc1)c1cccc(-c2ccc(Cl)cc2)n1. The Balaban J connectivity index is 1.72. The highest BCUT2D eigenvalue weighted by molar-refractivity contribution is 6.30. The highest BCUT2D eigenvalue weighted by Gasteiger charge is 2.09. The number of carbonyl (C=O) groups is 1. The van der Waals surface area contributed by atoms with Crippen LogP contribution in [0.3, 0.4) is 0 Å². The molecule has 3 rings (SSSR count). The Hall–Kier alpha value is -2.99. The highest BCUT2D eigenvalue weighted by Crippen LogP contribution is 2.19. The number of halogens is 2. The molecule has 1 amide bonds. The van der Waals surface area contributed by atoms with E-state index in [1.165, 1.54) is 18.3 Å². The predicted molar refractivity (Wildman–Crippen MR) is 90.0 cm³/mol. The van der Waals surface area contributed by atoms with Gasteiger partial charge in [0.15, 0.2) is 0 Å². The molecule has 0 saturated carbocycles. The molecule has 0 spiro atoms. The number of benzene rings is 1. The zero-order chi connectivity index (χ0) is 16.9. The van der Waals surface area contributed by atoms with Gasteiger partial charge in [0.2, 0.25) is 5.95 Å². The largest absolute Gasteiger partial charge is 0.297 e. The molecule has 0 aliphatic rings. The van der Waals surface area contributed by atoms with Crippen molar-refractivity contribution in [3.05, 3.63) is 77.5 Å². The molecule has 2 heterocycles. The van der Waals surface area contributed by atoms with E-state index in [-0.39, 0.29) is 5.69 Å². The van der Waals surface area contributed by atoms with E-state index < -0.39 is 11.9 Å². The molecule has 3 aromatic rings. The van der Waals surface area contributed by atoms with E-state index in [1.807, 2.05) is 12.1 Å². The second kappa shape index (κ2) is 7.06. The van der Waals surface area contributed by atoms with Gasteiger partial charge in [-0.05, 0) is 36.4 Å². The Kier molecular flexibility index (Phi) is 4.67.